The van der Waals surface area contributed by atoms with Gasteiger partial charge in [0.15, 0.2) is 0 Å². The smallest absolute Gasteiger partial charge is 0.112 e. The summed E-state index contributed by atoms with van der Waals surface area (Å²) in [6, 6.07) is 6.20. The fraction of sp³-hybridized carbons (Fsp3) is 0.167. The highest BCUT2D eigenvalue weighted by Gasteiger charge is 2.01. The van der Waals surface area contributed by atoms with Gasteiger partial charge in [-0.3, -0.25) is 0 Å². The molecule has 0 amide bonds. The third kappa shape index (κ3) is 2.69. The Balaban J connectivity index is 2.23. The highest BCUT2D eigenvalue weighted by atomic mass is 32.1. The van der Waals surface area contributed by atoms with Crippen molar-refractivity contribution in [3.63, 3.8) is 0 Å². The lowest BCUT2D eigenvalue weighted by Gasteiger charge is -1.87. The molecule has 1 unspecified atom stereocenters. The van der Waals surface area contributed by atoms with Crippen molar-refractivity contribution in [3.8, 4) is 21.6 Å². The zero-order valence-corrected chi connectivity index (χ0v) is 9.86. The second-order valence-electron chi connectivity index (χ2n) is 3.12. The van der Waals surface area contributed by atoms with E-state index in [1.807, 2.05) is 11.4 Å². The lowest BCUT2D eigenvalue weighted by atomic mass is 10.3. The van der Waals surface area contributed by atoms with Gasteiger partial charge < -0.3 is 5.11 Å². The van der Waals surface area contributed by atoms with Crippen molar-refractivity contribution < 1.29 is 5.11 Å². The Hall–Kier alpha value is -1.08. The fourth-order valence-corrected chi connectivity index (χ4v) is 2.82. The van der Waals surface area contributed by atoms with E-state index in [-0.39, 0.29) is 0 Å². The van der Waals surface area contributed by atoms with E-state index in [4.69, 9.17) is 5.11 Å². The summed E-state index contributed by atoms with van der Waals surface area (Å²) in [5.74, 6) is 5.68. The van der Waals surface area contributed by atoms with Crippen molar-refractivity contribution in [1.29, 1.82) is 0 Å². The Morgan fingerprint density at radius 2 is 2.20 bits per heavy atom. The zero-order chi connectivity index (χ0) is 10.7. The third-order valence-corrected chi connectivity index (χ3v) is 3.78. The first-order valence-electron chi connectivity index (χ1n) is 4.58. The first-order valence-corrected chi connectivity index (χ1v) is 6.33. The van der Waals surface area contributed by atoms with Crippen molar-refractivity contribution in [2.24, 2.45) is 0 Å². The van der Waals surface area contributed by atoms with Crippen LogP contribution >= 0.6 is 22.7 Å². The van der Waals surface area contributed by atoms with Crippen molar-refractivity contribution in [3.05, 3.63) is 34.5 Å². The minimum Gasteiger partial charge on any atom is -0.381 e. The number of thiophene rings is 2. The maximum Gasteiger partial charge on any atom is 0.112 e. The first kappa shape index (κ1) is 10.4. The second-order valence-corrected chi connectivity index (χ2v) is 4.98. The van der Waals surface area contributed by atoms with Crippen molar-refractivity contribution in [1.82, 2.24) is 0 Å². The average molecular weight is 234 g/mol. The van der Waals surface area contributed by atoms with Gasteiger partial charge in [0.25, 0.3) is 0 Å². The highest BCUT2D eigenvalue weighted by Crippen LogP contribution is 2.30. The van der Waals surface area contributed by atoms with Crippen LogP contribution in [0, 0.1) is 11.8 Å². The maximum absolute atomic E-state index is 9.04. The summed E-state index contributed by atoms with van der Waals surface area (Å²) in [6.45, 7) is 1.67. The third-order valence-electron chi connectivity index (χ3n) is 1.79. The molecule has 0 aromatic carbocycles. The van der Waals surface area contributed by atoms with Crippen molar-refractivity contribution in [2.45, 2.75) is 13.0 Å². The molecule has 0 bridgehead atoms. The van der Waals surface area contributed by atoms with Crippen molar-refractivity contribution in [2.75, 3.05) is 0 Å². The topological polar surface area (TPSA) is 20.2 Å². The van der Waals surface area contributed by atoms with Gasteiger partial charge in [0.1, 0.15) is 6.10 Å². The van der Waals surface area contributed by atoms with Gasteiger partial charge in [-0.2, -0.15) is 0 Å². The van der Waals surface area contributed by atoms with Crippen LogP contribution in [0.1, 0.15) is 12.5 Å². The van der Waals surface area contributed by atoms with Gasteiger partial charge in [-0.15, -0.1) is 22.7 Å². The van der Waals surface area contributed by atoms with Gasteiger partial charge in [-0.05, 0) is 24.4 Å². The number of aliphatic hydroxyl groups is 1. The van der Waals surface area contributed by atoms with Crippen LogP contribution in [0.25, 0.3) is 9.75 Å². The van der Waals surface area contributed by atoms with E-state index in [1.54, 1.807) is 29.6 Å². The highest BCUT2D eigenvalue weighted by molar-refractivity contribution is 7.20. The van der Waals surface area contributed by atoms with Gasteiger partial charge in [-0.25, -0.2) is 0 Å². The molecule has 76 valence electrons. The van der Waals surface area contributed by atoms with Crippen LogP contribution in [-0.4, -0.2) is 11.2 Å². The summed E-state index contributed by atoms with van der Waals surface area (Å²) in [5, 5.41) is 13.1. The molecule has 2 rings (SSSR count). The largest absolute Gasteiger partial charge is 0.381 e. The fourth-order valence-electron chi connectivity index (χ4n) is 1.14. The van der Waals surface area contributed by atoms with E-state index < -0.39 is 6.10 Å². The SMILES string of the molecule is CC(O)C#Cc1csc(-c2cccs2)c1. The van der Waals surface area contributed by atoms with E-state index in [0.29, 0.717) is 0 Å². The van der Waals surface area contributed by atoms with E-state index in [2.05, 4.69) is 29.4 Å². The lowest BCUT2D eigenvalue weighted by Crippen LogP contribution is -1.92. The first-order chi connectivity index (χ1) is 7.25. The molecule has 1 nitrogen and oxygen atoms in total. The molecule has 0 aliphatic heterocycles. The molecule has 0 aliphatic carbocycles. The number of aliphatic hydroxyl groups excluding tert-OH is 1. The van der Waals surface area contributed by atoms with E-state index >= 15 is 0 Å². The van der Waals surface area contributed by atoms with Crippen LogP contribution in [-0.2, 0) is 0 Å². The monoisotopic (exact) mass is 234 g/mol. The van der Waals surface area contributed by atoms with Crippen LogP contribution in [0.2, 0.25) is 0 Å². The van der Waals surface area contributed by atoms with Gasteiger partial charge in [-0.1, -0.05) is 17.9 Å². The molecule has 3 heteroatoms. The van der Waals surface area contributed by atoms with Crippen molar-refractivity contribution >= 4 is 22.7 Å². The lowest BCUT2D eigenvalue weighted by molar-refractivity contribution is 0.253. The molecule has 2 heterocycles. The van der Waals surface area contributed by atoms with Crippen LogP contribution in [0.5, 0.6) is 0 Å². The molecule has 0 saturated heterocycles. The predicted octanol–water partition coefficient (Wildman–Crippen LogP) is 3.21. The van der Waals surface area contributed by atoms with Gasteiger partial charge in [0.05, 0.1) is 0 Å². The van der Waals surface area contributed by atoms with Crippen LogP contribution < -0.4 is 0 Å². The summed E-state index contributed by atoms with van der Waals surface area (Å²) in [7, 11) is 0. The summed E-state index contributed by atoms with van der Waals surface area (Å²) >= 11 is 3.41. The summed E-state index contributed by atoms with van der Waals surface area (Å²) in [5.41, 5.74) is 0.976. The molecule has 1 N–H and O–H groups in total. The molecule has 0 spiro atoms. The number of rotatable bonds is 1. The molecular formula is C12H10OS2. The molecule has 1 atom stereocenters. The van der Waals surface area contributed by atoms with Crippen LogP contribution in [0.3, 0.4) is 0 Å². The molecule has 0 aliphatic rings. The summed E-state index contributed by atoms with van der Waals surface area (Å²) in [4.78, 5) is 2.50. The van der Waals surface area contributed by atoms with Gasteiger partial charge >= 0.3 is 0 Å². The zero-order valence-electron chi connectivity index (χ0n) is 8.23. The molecule has 2 aromatic rings. The number of hydrogen-bond donors (Lipinski definition) is 1. The molecule has 15 heavy (non-hydrogen) atoms. The average Bonchev–Trinajstić information content (AvgIpc) is 2.85. The molecule has 0 radical (unpaired) electrons. The van der Waals surface area contributed by atoms with E-state index in [1.165, 1.54) is 9.75 Å². The molecular weight excluding hydrogens is 224 g/mol. The predicted molar refractivity (Wildman–Crippen MR) is 66.2 cm³/mol. The van der Waals surface area contributed by atoms with Gasteiger partial charge in [0, 0.05) is 20.7 Å². The van der Waals surface area contributed by atoms with Gasteiger partial charge in [0.2, 0.25) is 0 Å². The minimum absolute atomic E-state index is 0.560. The Morgan fingerprint density at radius 1 is 1.33 bits per heavy atom. The Kier molecular flexibility index (Phi) is 3.22. The Labute approximate surface area is 97.0 Å². The molecule has 2 aromatic heterocycles. The summed E-state index contributed by atoms with van der Waals surface area (Å²) in [6.07, 6.45) is -0.560. The Morgan fingerprint density at radius 3 is 2.87 bits per heavy atom. The maximum atomic E-state index is 9.04. The van der Waals surface area contributed by atoms with E-state index in [9.17, 15) is 0 Å². The Bertz CT molecular complexity index is 483. The standard InChI is InChI=1S/C12H10OS2/c1-9(13)4-5-10-7-12(15-8-10)11-3-2-6-14-11/h2-3,6-9,13H,1H3. The van der Waals surface area contributed by atoms with Crippen LogP contribution in [0.15, 0.2) is 29.0 Å². The van der Waals surface area contributed by atoms with E-state index in [0.717, 1.165) is 5.56 Å². The number of hydrogen-bond acceptors (Lipinski definition) is 3. The summed E-state index contributed by atoms with van der Waals surface area (Å²) < 4.78 is 0. The molecule has 0 fully saturated rings. The second kappa shape index (κ2) is 4.63. The molecule has 0 saturated carbocycles. The quantitative estimate of drug-likeness (QED) is 0.751. The minimum atomic E-state index is -0.560. The normalized spacial score (nSPS) is 11.9. The van der Waals surface area contributed by atoms with Crippen LogP contribution in [0.4, 0.5) is 0 Å².